The fourth-order valence-electron chi connectivity index (χ4n) is 4.11. The number of aryl methyl sites for hydroxylation is 1. The molecule has 0 N–H and O–H groups in total. The maximum atomic E-state index is 13.5. The smallest absolute Gasteiger partial charge is 0.243 e. The van der Waals surface area contributed by atoms with Crippen molar-refractivity contribution in [3.8, 4) is 0 Å². The Morgan fingerprint density at radius 1 is 0.966 bits per heavy atom. The van der Waals surface area contributed by atoms with Gasteiger partial charge in [0.25, 0.3) is 0 Å². The zero-order valence-corrected chi connectivity index (χ0v) is 16.7. The lowest BCUT2D eigenvalue weighted by molar-refractivity contribution is -0.123. The summed E-state index contributed by atoms with van der Waals surface area (Å²) >= 11 is 0. The van der Waals surface area contributed by atoms with Gasteiger partial charge in [-0.05, 0) is 55.5 Å². The summed E-state index contributed by atoms with van der Waals surface area (Å²) in [6.07, 6.45) is 2.66. The summed E-state index contributed by atoms with van der Waals surface area (Å²) in [6, 6.07) is 10.4. The highest BCUT2D eigenvalue weighted by Crippen LogP contribution is 2.31. The second-order valence-corrected chi connectivity index (χ2v) is 9.41. The third kappa shape index (κ3) is 3.79. The number of carbonyl (C=O) groups is 1. The second kappa shape index (κ2) is 7.84. The molecule has 0 radical (unpaired) electrons. The van der Waals surface area contributed by atoms with Crippen LogP contribution < -0.4 is 4.90 Å². The molecule has 2 aliphatic rings. The molecule has 0 unspecified atom stereocenters. The van der Waals surface area contributed by atoms with Crippen molar-refractivity contribution in [2.75, 3.05) is 24.5 Å². The zero-order chi connectivity index (χ0) is 20.6. The van der Waals surface area contributed by atoms with E-state index in [0.29, 0.717) is 25.5 Å². The van der Waals surface area contributed by atoms with Gasteiger partial charge in [-0.15, -0.1) is 0 Å². The van der Waals surface area contributed by atoms with Crippen molar-refractivity contribution in [3.05, 3.63) is 59.7 Å². The number of anilines is 1. The summed E-state index contributed by atoms with van der Waals surface area (Å²) in [5, 5.41) is 0. The minimum atomic E-state index is -3.92. The number of para-hydroxylation sites is 1. The third-order valence-electron chi connectivity index (χ3n) is 5.71. The number of sulfonamides is 1. The van der Waals surface area contributed by atoms with Crippen LogP contribution in [-0.2, 0) is 21.2 Å². The first kappa shape index (κ1) is 20.0. The van der Waals surface area contributed by atoms with E-state index in [0.717, 1.165) is 36.2 Å². The van der Waals surface area contributed by atoms with Gasteiger partial charge in [-0.25, -0.2) is 17.2 Å². The Bertz CT molecular complexity index is 1030. The third-order valence-corrected chi connectivity index (χ3v) is 7.60. The van der Waals surface area contributed by atoms with Gasteiger partial charge in [0, 0.05) is 31.2 Å². The average Bonchev–Trinajstić information content (AvgIpc) is 2.74. The molecule has 2 heterocycles. The molecule has 2 aliphatic heterocycles. The van der Waals surface area contributed by atoms with Gasteiger partial charge in [0.2, 0.25) is 15.9 Å². The van der Waals surface area contributed by atoms with E-state index in [1.807, 2.05) is 29.2 Å². The van der Waals surface area contributed by atoms with Crippen LogP contribution in [0.2, 0.25) is 0 Å². The highest BCUT2D eigenvalue weighted by molar-refractivity contribution is 7.89. The summed E-state index contributed by atoms with van der Waals surface area (Å²) in [5.74, 6) is -2.51. The predicted molar refractivity (Wildman–Crippen MR) is 105 cm³/mol. The second-order valence-electron chi connectivity index (χ2n) is 7.48. The van der Waals surface area contributed by atoms with Crippen molar-refractivity contribution in [1.82, 2.24) is 4.31 Å². The van der Waals surface area contributed by atoms with Gasteiger partial charge in [0.15, 0.2) is 11.6 Å². The largest absolute Gasteiger partial charge is 0.312 e. The maximum Gasteiger partial charge on any atom is 0.243 e. The number of fused-ring (bicyclic) bond motifs is 1. The molecule has 1 fully saturated rings. The van der Waals surface area contributed by atoms with E-state index in [1.54, 1.807) is 0 Å². The monoisotopic (exact) mass is 420 g/mol. The molecule has 2 aromatic carbocycles. The van der Waals surface area contributed by atoms with Crippen molar-refractivity contribution in [2.45, 2.75) is 30.6 Å². The fraction of sp³-hybridized carbons (Fsp3) is 0.381. The standard InChI is InChI=1S/C21H22F2N2O3S/c22-18-8-7-17(14-19(18)23)29(27,28)24-12-9-16(10-13-24)21(26)25-11-3-5-15-4-1-2-6-20(15)25/h1-2,4,6-8,14,16H,3,5,9-13H2. The van der Waals surface area contributed by atoms with Crippen LogP contribution in [0.15, 0.2) is 47.4 Å². The number of rotatable bonds is 3. The van der Waals surface area contributed by atoms with Crippen LogP contribution in [0.25, 0.3) is 0 Å². The molecule has 4 rings (SSSR count). The molecule has 154 valence electrons. The van der Waals surface area contributed by atoms with Gasteiger partial charge in [0.1, 0.15) is 0 Å². The lowest BCUT2D eigenvalue weighted by Gasteiger charge is -2.36. The van der Waals surface area contributed by atoms with Crippen LogP contribution in [0, 0.1) is 17.6 Å². The van der Waals surface area contributed by atoms with E-state index in [-0.39, 0.29) is 29.8 Å². The number of amides is 1. The van der Waals surface area contributed by atoms with Crippen LogP contribution in [0.4, 0.5) is 14.5 Å². The first-order valence-electron chi connectivity index (χ1n) is 9.72. The first-order valence-corrected chi connectivity index (χ1v) is 11.2. The van der Waals surface area contributed by atoms with Crippen molar-refractivity contribution in [2.24, 2.45) is 5.92 Å². The molecule has 5 nitrogen and oxygen atoms in total. The number of hydrogen-bond acceptors (Lipinski definition) is 3. The quantitative estimate of drug-likeness (QED) is 0.765. The highest BCUT2D eigenvalue weighted by atomic mass is 32.2. The van der Waals surface area contributed by atoms with E-state index < -0.39 is 21.7 Å². The molecule has 0 bridgehead atoms. The van der Waals surface area contributed by atoms with E-state index in [2.05, 4.69) is 0 Å². The normalized spacial score (nSPS) is 18.5. The van der Waals surface area contributed by atoms with E-state index >= 15 is 0 Å². The van der Waals surface area contributed by atoms with Crippen molar-refractivity contribution >= 4 is 21.6 Å². The molecule has 0 aromatic heterocycles. The molecule has 1 saturated heterocycles. The Morgan fingerprint density at radius 2 is 1.69 bits per heavy atom. The van der Waals surface area contributed by atoms with E-state index in [9.17, 15) is 22.0 Å². The topological polar surface area (TPSA) is 57.7 Å². The molecule has 0 atom stereocenters. The lowest BCUT2D eigenvalue weighted by Crippen LogP contribution is -2.45. The van der Waals surface area contributed by atoms with Gasteiger partial charge in [0.05, 0.1) is 4.90 Å². The maximum absolute atomic E-state index is 13.5. The predicted octanol–water partition coefficient (Wildman–Crippen LogP) is 3.34. The molecule has 0 aliphatic carbocycles. The molecule has 1 amide bonds. The minimum Gasteiger partial charge on any atom is -0.312 e. The van der Waals surface area contributed by atoms with Crippen molar-refractivity contribution in [1.29, 1.82) is 0 Å². The highest BCUT2D eigenvalue weighted by Gasteiger charge is 2.35. The Morgan fingerprint density at radius 3 is 2.41 bits per heavy atom. The number of halogens is 2. The van der Waals surface area contributed by atoms with E-state index in [4.69, 9.17) is 0 Å². The molecule has 0 saturated carbocycles. The van der Waals surface area contributed by atoms with Crippen LogP contribution in [0.3, 0.4) is 0 Å². The minimum absolute atomic E-state index is 0.0297. The molecule has 0 spiro atoms. The lowest BCUT2D eigenvalue weighted by atomic mass is 9.94. The van der Waals surface area contributed by atoms with Crippen LogP contribution in [-0.4, -0.2) is 38.3 Å². The molecular weight excluding hydrogens is 398 g/mol. The van der Waals surface area contributed by atoms with Gasteiger partial charge >= 0.3 is 0 Å². The number of benzene rings is 2. The summed E-state index contributed by atoms with van der Waals surface area (Å²) in [7, 11) is -3.92. The van der Waals surface area contributed by atoms with Gasteiger partial charge in [-0.3, -0.25) is 4.79 Å². The fourth-order valence-corrected chi connectivity index (χ4v) is 5.59. The Labute approximate surface area is 169 Å². The van der Waals surface area contributed by atoms with E-state index in [1.165, 1.54) is 4.31 Å². The molecular formula is C21H22F2N2O3S. The Balaban J connectivity index is 1.46. The summed E-state index contributed by atoms with van der Waals surface area (Å²) < 4.78 is 53.3. The number of carbonyl (C=O) groups excluding carboxylic acids is 1. The summed E-state index contributed by atoms with van der Waals surface area (Å²) in [6.45, 7) is 1.02. The number of hydrogen-bond donors (Lipinski definition) is 0. The molecule has 2 aromatic rings. The zero-order valence-electron chi connectivity index (χ0n) is 15.9. The average molecular weight is 420 g/mol. The molecule has 8 heteroatoms. The SMILES string of the molecule is O=C(C1CCN(S(=O)(=O)c2ccc(F)c(F)c2)CC1)N1CCCc2ccccc21. The Hall–Kier alpha value is -2.32. The number of nitrogens with zero attached hydrogens (tertiary/aromatic N) is 2. The number of piperidine rings is 1. The van der Waals surface area contributed by atoms with Crippen molar-refractivity contribution < 1.29 is 22.0 Å². The Kier molecular flexibility index (Phi) is 5.40. The van der Waals surface area contributed by atoms with Gasteiger partial charge < -0.3 is 4.90 Å². The van der Waals surface area contributed by atoms with Crippen molar-refractivity contribution in [3.63, 3.8) is 0 Å². The van der Waals surface area contributed by atoms with Crippen LogP contribution in [0.5, 0.6) is 0 Å². The summed E-state index contributed by atoms with van der Waals surface area (Å²) in [5.41, 5.74) is 2.10. The first-order chi connectivity index (χ1) is 13.9. The molecule has 29 heavy (non-hydrogen) atoms. The van der Waals surface area contributed by atoms with Gasteiger partial charge in [-0.2, -0.15) is 4.31 Å². The van der Waals surface area contributed by atoms with Gasteiger partial charge in [-0.1, -0.05) is 18.2 Å². The summed E-state index contributed by atoms with van der Waals surface area (Å²) in [4.78, 5) is 14.6. The van der Waals surface area contributed by atoms with Crippen LogP contribution >= 0.6 is 0 Å². The van der Waals surface area contributed by atoms with Crippen LogP contribution in [0.1, 0.15) is 24.8 Å².